The lowest BCUT2D eigenvalue weighted by Gasteiger charge is -2.30. The molecular weight excluding hydrogens is 247 g/mol. The standard InChI is InChI=1S/C10H19PS3/c12-11(13-7-4-8-14-11)9-10-5-2-1-3-6-10/h10H,1-9H2. The van der Waals surface area contributed by atoms with Crippen molar-refractivity contribution in [3.63, 3.8) is 0 Å². The van der Waals surface area contributed by atoms with Crippen molar-refractivity contribution in [3.8, 4) is 0 Å². The minimum absolute atomic E-state index is 0.993. The number of hydrogen-bond acceptors (Lipinski definition) is 3. The summed E-state index contributed by atoms with van der Waals surface area (Å²) >= 11 is 10.2. The molecule has 0 aromatic heterocycles. The minimum atomic E-state index is -1.02. The van der Waals surface area contributed by atoms with Crippen LogP contribution in [0.15, 0.2) is 0 Å². The van der Waals surface area contributed by atoms with Gasteiger partial charge >= 0.3 is 0 Å². The van der Waals surface area contributed by atoms with Crippen LogP contribution in [-0.4, -0.2) is 17.7 Å². The summed E-state index contributed by atoms with van der Waals surface area (Å²) in [5.41, 5.74) is 0. The van der Waals surface area contributed by atoms with Crippen molar-refractivity contribution in [1.29, 1.82) is 0 Å². The van der Waals surface area contributed by atoms with Gasteiger partial charge in [-0.2, -0.15) is 0 Å². The van der Waals surface area contributed by atoms with Crippen LogP contribution in [0.25, 0.3) is 0 Å². The Hall–Kier alpha value is 1.35. The van der Waals surface area contributed by atoms with E-state index in [9.17, 15) is 0 Å². The van der Waals surface area contributed by atoms with E-state index in [2.05, 4.69) is 22.8 Å². The molecule has 1 aliphatic carbocycles. The van der Waals surface area contributed by atoms with Crippen LogP contribution in [0.5, 0.6) is 0 Å². The van der Waals surface area contributed by atoms with Crippen molar-refractivity contribution in [2.75, 3.05) is 17.7 Å². The average Bonchev–Trinajstić information content (AvgIpc) is 2.19. The van der Waals surface area contributed by atoms with Gasteiger partial charge in [-0.3, -0.25) is 0 Å². The molecule has 0 N–H and O–H groups in total. The fraction of sp³-hybridized carbons (Fsp3) is 1.00. The first-order chi connectivity index (χ1) is 6.79. The molecule has 0 unspecified atom stereocenters. The highest BCUT2D eigenvalue weighted by Gasteiger charge is 2.26. The summed E-state index contributed by atoms with van der Waals surface area (Å²) in [6.45, 7) is 0. The van der Waals surface area contributed by atoms with Gasteiger partial charge in [0.1, 0.15) is 0 Å². The predicted octanol–water partition coefficient (Wildman–Crippen LogP) is 4.75. The maximum atomic E-state index is 5.87. The molecule has 0 bridgehead atoms. The van der Waals surface area contributed by atoms with E-state index in [1.165, 1.54) is 56.2 Å². The van der Waals surface area contributed by atoms with E-state index in [0.717, 1.165) is 5.92 Å². The van der Waals surface area contributed by atoms with Gasteiger partial charge in [-0.05, 0) is 30.0 Å². The molecule has 82 valence electrons. The molecule has 0 aromatic rings. The van der Waals surface area contributed by atoms with Crippen molar-refractivity contribution >= 4 is 39.0 Å². The van der Waals surface area contributed by atoms with E-state index in [1.54, 1.807) is 0 Å². The zero-order valence-corrected chi connectivity index (χ0v) is 12.0. The highest BCUT2D eigenvalue weighted by Crippen LogP contribution is 2.72. The normalized spacial score (nSPS) is 28.9. The molecule has 2 aliphatic rings. The molecule has 0 radical (unpaired) electrons. The molecule has 2 rings (SSSR count). The lowest BCUT2D eigenvalue weighted by Crippen LogP contribution is -2.10. The zero-order chi connectivity index (χ0) is 9.86. The Morgan fingerprint density at radius 1 is 1.00 bits per heavy atom. The third kappa shape index (κ3) is 3.43. The first-order valence-electron chi connectivity index (χ1n) is 5.67. The highest BCUT2D eigenvalue weighted by molar-refractivity contribution is 9.00. The molecule has 2 fully saturated rings. The van der Waals surface area contributed by atoms with Crippen molar-refractivity contribution in [3.05, 3.63) is 0 Å². The Labute approximate surface area is 101 Å². The molecular formula is C10H19PS3. The summed E-state index contributed by atoms with van der Waals surface area (Å²) in [5, 5.41) is 0. The second-order valence-electron chi connectivity index (χ2n) is 4.32. The lowest BCUT2D eigenvalue weighted by molar-refractivity contribution is 0.390. The predicted molar refractivity (Wildman–Crippen MR) is 75.3 cm³/mol. The minimum Gasteiger partial charge on any atom is -0.114 e. The Morgan fingerprint density at radius 3 is 2.29 bits per heavy atom. The Bertz CT molecular complexity index is 213. The number of hydrogen-bond donors (Lipinski definition) is 0. The van der Waals surface area contributed by atoms with E-state index in [4.69, 9.17) is 11.8 Å². The summed E-state index contributed by atoms with van der Waals surface area (Å²) in [5.74, 6) is 3.68. The van der Waals surface area contributed by atoms with Crippen molar-refractivity contribution in [1.82, 2.24) is 0 Å². The van der Waals surface area contributed by atoms with Gasteiger partial charge in [0.15, 0.2) is 0 Å². The van der Waals surface area contributed by atoms with Crippen LogP contribution in [0.1, 0.15) is 38.5 Å². The van der Waals surface area contributed by atoms with Crippen LogP contribution in [-0.2, 0) is 11.8 Å². The second kappa shape index (κ2) is 5.61. The molecule has 0 nitrogen and oxygen atoms in total. The molecule has 0 aromatic carbocycles. The molecule has 1 heterocycles. The largest absolute Gasteiger partial charge is 0.114 e. The molecule has 1 aliphatic heterocycles. The van der Waals surface area contributed by atoms with Crippen molar-refractivity contribution < 1.29 is 0 Å². The Kier molecular flexibility index (Phi) is 4.74. The fourth-order valence-electron chi connectivity index (χ4n) is 2.29. The van der Waals surface area contributed by atoms with Gasteiger partial charge in [-0.15, -0.1) is 22.8 Å². The van der Waals surface area contributed by atoms with Crippen LogP contribution in [0.4, 0.5) is 0 Å². The molecule has 14 heavy (non-hydrogen) atoms. The zero-order valence-electron chi connectivity index (χ0n) is 8.61. The van der Waals surface area contributed by atoms with Gasteiger partial charge in [0, 0.05) is 0 Å². The summed E-state index contributed by atoms with van der Waals surface area (Å²) in [7, 11) is 0. The topological polar surface area (TPSA) is 0 Å². The van der Waals surface area contributed by atoms with Gasteiger partial charge in [-0.1, -0.05) is 43.9 Å². The SMILES string of the molecule is S=P1(CC2CCCCC2)SCCCS1. The van der Waals surface area contributed by atoms with Gasteiger partial charge in [-0.25, -0.2) is 0 Å². The first kappa shape index (κ1) is 11.8. The average molecular weight is 266 g/mol. The number of rotatable bonds is 2. The van der Waals surface area contributed by atoms with Crippen LogP contribution < -0.4 is 0 Å². The second-order valence-corrected chi connectivity index (χ2v) is 16.5. The fourth-order valence-corrected chi connectivity index (χ4v) is 13.4. The summed E-state index contributed by atoms with van der Waals surface area (Å²) in [6, 6.07) is 0. The quantitative estimate of drug-likeness (QED) is 0.662. The molecule has 1 saturated heterocycles. The van der Waals surface area contributed by atoms with Crippen LogP contribution in [0.2, 0.25) is 0 Å². The monoisotopic (exact) mass is 266 g/mol. The third-order valence-corrected chi connectivity index (χ3v) is 14.4. The van der Waals surface area contributed by atoms with Crippen LogP contribution in [0, 0.1) is 5.92 Å². The van der Waals surface area contributed by atoms with Crippen molar-refractivity contribution in [2.45, 2.75) is 38.5 Å². The molecule has 0 atom stereocenters. The molecule has 0 amide bonds. The van der Waals surface area contributed by atoms with Gasteiger partial charge in [0.05, 0.1) is 4.44 Å². The summed E-state index contributed by atoms with van der Waals surface area (Å²) in [6.07, 6.45) is 10.1. The van der Waals surface area contributed by atoms with Gasteiger partial charge in [0.25, 0.3) is 0 Å². The van der Waals surface area contributed by atoms with E-state index in [-0.39, 0.29) is 0 Å². The third-order valence-electron chi connectivity index (χ3n) is 3.07. The van der Waals surface area contributed by atoms with E-state index >= 15 is 0 Å². The smallest absolute Gasteiger partial charge is 0.0575 e. The van der Waals surface area contributed by atoms with Gasteiger partial charge < -0.3 is 0 Å². The lowest BCUT2D eigenvalue weighted by atomic mass is 9.91. The van der Waals surface area contributed by atoms with Gasteiger partial charge in [0.2, 0.25) is 0 Å². The van der Waals surface area contributed by atoms with E-state index in [1.807, 2.05) is 0 Å². The van der Waals surface area contributed by atoms with E-state index in [0.29, 0.717) is 0 Å². The maximum absolute atomic E-state index is 5.87. The molecule has 4 heteroatoms. The molecule has 1 saturated carbocycles. The van der Waals surface area contributed by atoms with Crippen LogP contribution >= 0.6 is 27.2 Å². The van der Waals surface area contributed by atoms with Crippen LogP contribution in [0.3, 0.4) is 0 Å². The summed E-state index contributed by atoms with van der Waals surface area (Å²) < 4.78 is -1.02. The summed E-state index contributed by atoms with van der Waals surface area (Å²) in [4.78, 5) is 0. The highest BCUT2D eigenvalue weighted by atomic mass is 33.2. The molecule has 0 spiro atoms. The first-order valence-corrected chi connectivity index (χ1v) is 11.8. The maximum Gasteiger partial charge on any atom is 0.0575 e. The van der Waals surface area contributed by atoms with E-state index < -0.39 is 4.44 Å². The Balaban J connectivity index is 1.84. The van der Waals surface area contributed by atoms with Crippen molar-refractivity contribution in [2.24, 2.45) is 5.92 Å². The Morgan fingerprint density at radius 2 is 1.64 bits per heavy atom.